The molecule has 5 nitrogen and oxygen atoms in total. The van der Waals surface area contributed by atoms with E-state index in [9.17, 15) is 14.7 Å². The first-order chi connectivity index (χ1) is 10.1. The first-order valence-electron chi connectivity index (χ1n) is 7.54. The van der Waals surface area contributed by atoms with Crippen molar-refractivity contribution in [2.75, 3.05) is 23.3 Å². The van der Waals surface area contributed by atoms with Crippen LogP contribution < -0.4 is 10.2 Å². The maximum absolute atomic E-state index is 11.5. The Morgan fingerprint density at radius 1 is 1.19 bits per heavy atom. The average Bonchev–Trinajstić information content (AvgIpc) is 2.76. The van der Waals surface area contributed by atoms with E-state index < -0.39 is 5.97 Å². The van der Waals surface area contributed by atoms with Crippen molar-refractivity contribution in [3.05, 3.63) is 23.8 Å². The average molecular weight is 290 g/mol. The van der Waals surface area contributed by atoms with Gasteiger partial charge in [0.15, 0.2) is 0 Å². The zero-order chi connectivity index (χ0) is 15.2. The molecule has 0 saturated carbocycles. The van der Waals surface area contributed by atoms with Crippen LogP contribution in [-0.4, -0.2) is 30.1 Å². The molecule has 0 unspecified atom stereocenters. The van der Waals surface area contributed by atoms with E-state index in [2.05, 4.69) is 10.2 Å². The lowest BCUT2D eigenvalue weighted by molar-refractivity contribution is -0.115. The number of hydrogen-bond donors (Lipinski definition) is 2. The smallest absolute Gasteiger partial charge is 0.337 e. The van der Waals surface area contributed by atoms with Crippen molar-refractivity contribution in [3.8, 4) is 0 Å². The van der Waals surface area contributed by atoms with Crippen LogP contribution >= 0.6 is 0 Å². The molecule has 0 spiro atoms. The van der Waals surface area contributed by atoms with Gasteiger partial charge in [-0.3, -0.25) is 4.79 Å². The molecule has 0 atom stereocenters. The lowest BCUT2D eigenvalue weighted by Crippen LogP contribution is -2.24. The highest BCUT2D eigenvalue weighted by Gasteiger charge is 2.16. The minimum Gasteiger partial charge on any atom is -0.478 e. The summed E-state index contributed by atoms with van der Waals surface area (Å²) in [6, 6.07) is 5.25. The summed E-state index contributed by atoms with van der Waals surface area (Å²) < 4.78 is 0. The molecule has 1 aliphatic rings. The minimum absolute atomic E-state index is 0.151. The van der Waals surface area contributed by atoms with E-state index in [1.54, 1.807) is 19.1 Å². The van der Waals surface area contributed by atoms with Crippen LogP contribution in [0.15, 0.2) is 18.2 Å². The van der Waals surface area contributed by atoms with E-state index in [1.807, 2.05) is 6.07 Å². The van der Waals surface area contributed by atoms with Crippen LogP contribution in [0.2, 0.25) is 0 Å². The summed E-state index contributed by atoms with van der Waals surface area (Å²) >= 11 is 0. The van der Waals surface area contributed by atoms with Gasteiger partial charge in [-0.15, -0.1) is 0 Å². The summed E-state index contributed by atoms with van der Waals surface area (Å²) in [5, 5.41) is 12.0. The molecular weight excluding hydrogens is 268 g/mol. The number of carbonyl (C=O) groups excluding carboxylic acids is 1. The molecule has 0 radical (unpaired) electrons. The molecule has 2 rings (SSSR count). The minimum atomic E-state index is -1.02. The normalized spacial score (nSPS) is 15.4. The number of carbonyl (C=O) groups is 2. The summed E-state index contributed by atoms with van der Waals surface area (Å²) in [5.41, 5.74) is 1.44. The molecule has 0 bridgehead atoms. The molecule has 0 aliphatic carbocycles. The van der Waals surface area contributed by atoms with Gasteiger partial charge in [0.05, 0.1) is 11.3 Å². The first-order valence-corrected chi connectivity index (χ1v) is 7.54. The van der Waals surface area contributed by atoms with Crippen molar-refractivity contribution < 1.29 is 14.7 Å². The number of amides is 1. The third-order valence-electron chi connectivity index (χ3n) is 3.80. The number of nitrogens with zero attached hydrogens (tertiary/aromatic N) is 1. The Hall–Kier alpha value is -2.04. The predicted octanol–water partition coefficient (Wildman–Crippen LogP) is 3.11. The fourth-order valence-electron chi connectivity index (χ4n) is 2.58. The fourth-order valence-corrected chi connectivity index (χ4v) is 2.58. The highest BCUT2D eigenvalue weighted by Crippen LogP contribution is 2.25. The summed E-state index contributed by atoms with van der Waals surface area (Å²) in [5.74, 6) is -1.20. The van der Waals surface area contributed by atoms with Crippen molar-refractivity contribution in [2.45, 2.75) is 39.0 Å². The second kappa shape index (κ2) is 7.11. The standard InChI is InChI=1S/C16H22N2O3/c1-2-15(19)17-14-8-7-12(11-13(14)16(20)21)18-9-5-3-4-6-10-18/h7-8,11H,2-6,9-10H2,1H3,(H,17,19)(H,20,21). The summed E-state index contributed by atoms with van der Waals surface area (Å²) in [6.07, 6.45) is 5.06. The van der Waals surface area contributed by atoms with E-state index in [0.717, 1.165) is 31.6 Å². The van der Waals surface area contributed by atoms with Gasteiger partial charge in [-0.25, -0.2) is 4.79 Å². The van der Waals surface area contributed by atoms with Gasteiger partial charge in [0.1, 0.15) is 0 Å². The molecule has 1 aromatic rings. The zero-order valence-corrected chi connectivity index (χ0v) is 12.4. The van der Waals surface area contributed by atoms with Crippen LogP contribution in [0.1, 0.15) is 49.4 Å². The first kappa shape index (κ1) is 15.4. The van der Waals surface area contributed by atoms with Crippen molar-refractivity contribution in [2.24, 2.45) is 0 Å². The third-order valence-corrected chi connectivity index (χ3v) is 3.80. The molecule has 1 aromatic carbocycles. The molecule has 1 saturated heterocycles. The Morgan fingerprint density at radius 3 is 2.43 bits per heavy atom. The Kier molecular flexibility index (Phi) is 5.20. The van der Waals surface area contributed by atoms with Gasteiger partial charge in [0.2, 0.25) is 5.91 Å². The van der Waals surface area contributed by atoms with Crippen LogP contribution in [-0.2, 0) is 4.79 Å². The summed E-state index contributed by atoms with van der Waals surface area (Å²) in [7, 11) is 0. The fraction of sp³-hybridized carbons (Fsp3) is 0.500. The van der Waals surface area contributed by atoms with Crippen LogP contribution in [0.5, 0.6) is 0 Å². The predicted molar refractivity (Wildman–Crippen MR) is 83.0 cm³/mol. The van der Waals surface area contributed by atoms with E-state index in [1.165, 1.54) is 12.8 Å². The Labute approximate surface area is 125 Å². The Bertz CT molecular complexity index is 520. The third kappa shape index (κ3) is 3.97. The number of carboxylic acid groups (broad SMARTS) is 1. The van der Waals surface area contributed by atoms with E-state index in [4.69, 9.17) is 0 Å². The molecule has 0 aromatic heterocycles. The maximum Gasteiger partial charge on any atom is 0.337 e. The van der Waals surface area contributed by atoms with E-state index in [0.29, 0.717) is 12.1 Å². The quantitative estimate of drug-likeness (QED) is 0.894. The second-order valence-electron chi connectivity index (χ2n) is 5.34. The van der Waals surface area contributed by atoms with Crippen LogP contribution in [0, 0.1) is 0 Å². The second-order valence-corrected chi connectivity index (χ2v) is 5.34. The van der Waals surface area contributed by atoms with Crippen molar-refractivity contribution in [1.29, 1.82) is 0 Å². The number of aromatic carboxylic acids is 1. The lowest BCUT2D eigenvalue weighted by atomic mass is 10.1. The van der Waals surface area contributed by atoms with E-state index >= 15 is 0 Å². The molecule has 1 heterocycles. The topological polar surface area (TPSA) is 69.6 Å². The van der Waals surface area contributed by atoms with Gasteiger partial charge in [-0.1, -0.05) is 19.8 Å². The molecule has 2 N–H and O–H groups in total. The van der Waals surface area contributed by atoms with Gasteiger partial charge < -0.3 is 15.3 Å². The number of anilines is 2. The van der Waals surface area contributed by atoms with Crippen LogP contribution in [0.4, 0.5) is 11.4 Å². The lowest BCUT2D eigenvalue weighted by Gasteiger charge is -2.23. The number of rotatable bonds is 4. The van der Waals surface area contributed by atoms with Gasteiger partial charge >= 0.3 is 5.97 Å². The van der Waals surface area contributed by atoms with E-state index in [-0.39, 0.29) is 11.5 Å². The molecule has 5 heteroatoms. The Morgan fingerprint density at radius 2 is 1.86 bits per heavy atom. The van der Waals surface area contributed by atoms with Crippen LogP contribution in [0.3, 0.4) is 0 Å². The molecule has 1 fully saturated rings. The van der Waals surface area contributed by atoms with Gasteiger partial charge in [0.25, 0.3) is 0 Å². The van der Waals surface area contributed by atoms with Gasteiger partial charge in [0, 0.05) is 25.2 Å². The molecule has 21 heavy (non-hydrogen) atoms. The van der Waals surface area contributed by atoms with Gasteiger partial charge in [-0.2, -0.15) is 0 Å². The van der Waals surface area contributed by atoms with Crippen LogP contribution in [0.25, 0.3) is 0 Å². The van der Waals surface area contributed by atoms with Crippen molar-refractivity contribution in [3.63, 3.8) is 0 Å². The Balaban J connectivity index is 2.26. The molecular formula is C16H22N2O3. The van der Waals surface area contributed by atoms with Gasteiger partial charge in [-0.05, 0) is 31.0 Å². The zero-order valence-electron chi connectivity index (χ0n) is 12.4. The van der Waals surface area contributed by atoms with Crippen molar-refractivity contribution >= 4 is 23.3 Å². The molecule has 1 amide bonds. The number of hydrogen-bond acceptors (Lipinski definition) is 3. The van der Waals surface area contributed by atoms with Crippen molar-refractivity contribution in [1.82, 2.24) is 0 Å². The molecule has 1 aliphatic heterocycles. The number of carboxylic acids is 1. The number of benzene rings is 1. The highest BCUT2D eigenvalue weighted by molar-refractivity contribution is 6.01. The molecule has 114 valence electrons. The summed E-state index contributed by atoms with van der Waals surface area (Å²) in [6.45, 7) is 3.65. The largest absolute Gasteiger partial charge is 0.478 e. The SMILES string of the molecule is CCC(=O)Nc1ccc(N2CCCCCC2)cc1C(=O)O. The summed E-state index contributed by atoms with van der Waals surface area (Å²) in [4.78, 5) is 25.1. The highest BCUT2D eigenvalue weighted by atomic mass is 16.4. The number of nitrogens with one attached hydrogen (secondary N) is 1. The maximum atomic E-state index is 11.5. The monoisotopic (exact) mass is 290 g/mol.